The van der Waals surface area contributed by atoms with Gasteiger partial charge < -0.3 is 10.5 Å². The third-order valence-electron chi connectivity index (χ3n) is 1.49. The molecule has 14 heavy (non-hydrogen) atoms. The lowest BCUT2D eigenvalue weighted by atomic mass is 10.2. The van der Waals surface area contributed by atoms with Crippen LogP contribution in [0.1, 0.15) is 5.56 Å². The highest BCUT2D eigenvalue weighted by Crippen LogP contribution is 2.21. The number of benzene rings is 1. The summed E-state index contributed by atoms with van der Waals surface area (Å²) in [6.45, 7) is -0.738. The SMILES string of the molecule is N#Cc1ccc(N)cc1OCC(F)F. The lowest BCUT2D eigenvalue weighted by Gasteiger charge is -2.07. The highest BCUT2D eigenvalue weighted by Gasteiger charge is 2.07. The highest BCUT2D eigenvalue weighted by molar-refractivity contribution is 5.52. The van der Waals surface area contributed by atoms with Crippen molar-refractivity contribution in [2.45, 2.75) is 6.43 Å². The summed E-state index contributed by atoms with van der Waals surface area (Å²) >= 11 is 0. The number of hydrogen-bond acceptors (Lipinski definition) is 3. The number of ether oxygens (including phenoxy) is 1. The first kappa shape index (κ1) is 10.3. The van der Waals surface area contributed by atoms with Crippen LogP contribution in [0.5, 0.6) is 5.75 Å². The number of nitrogens with two attached hydrogens (primary N) is 1. The number of nitriles is 1. The minimum absolute atomic E-state index is 0.0906. The summed E-state index contributed by atoms with van der Waals surface area (Å²) in [6, 6.07) is 6.10. The molecule has 0 saturated heterocycles. The van der Waals surface area contributed by atoms with E-state index in [1.165, 1.54) is 18.2 Å². The zero-order chi connectivity index (χ0) is 10.6. The predicted octanol–water partition coefficient (Wildman–Crippen LogP) is 1.78. The van der Waals surface area contributed by atoms with Crippen LogP contribution in [0.2, 0.25) is 0 Å². The van der Waals surface area contributed by atoms with E-state index in [-0.39, 0.29) is 11.3 Å². The summed E-state index contributed by atoms with van der Waals surface area (Å²) in [4.78, 5) is 0. The van der Waals surface area contributed by atoms with Gasteiger partial charge in [0.15, 0.2) is 0 Å². The van der Waals surface area contributed by atoms with Crippen LogP contribution in [0, 0.1) is 11.3 Å². The molecule has 0 spiro atoms. The van der Waals surface area contributed by atoms with Crippen molar-refractivity contribution in [3.05, 3.63) is 23.8 Å². The van der Waals surface area contributed by atoms with Crippen LogP contribution in [-0.2, 0) is 0 Å². The van der Waals surface area contributed by atoms with Crippen molar-refractivity contribution in [1.29, 1.82) is 5.26 Å². The lowest BCUT2D eigenvalue weighted by Crippen LogP contribution is -2.08. The average molecular weight is 198 g/mol. The molecular formula is C9H8F2N2O. The number of alkyl halides is 2. The van der Waals surface area contributed by atoms with Crippen molar-refractivity contribution in [2.24, 2.45) is 0 Å². The zero-order valence-corrected chi connectivity index (χ0v) is 7.21. The molecule has 0 unspecified atom stereocenters. The second kappa shape index (κ2) is 4.42. The third-order valence-corrected chi connectivity index (χ3v) is 1.49. The first-order chi connectivity index (χ1) is 6.63. The summed E-state index contributed by atoms with van der Waals surface area (Å²) in [7, 11) is 0. The van der Waals surface area contributed by atoms with Crippen LogP contribution in [0.4, 0.5) is 14.5 Å². The van der Waals surface area contributed by atoms with Crippen LogP contribution in [0.25, 0.3) is 0 Å². The van der Waals surface area contributed by atoms with E-state index in [0.29, 0.717) is 5.69 Å². The van der Waals surface area contributed by atoms with Crippen molar-refractivity contribution in [1.82, 2.24) is 0 Å². The fourth-order valence-corrected chi connectivity index (χ4v) is 0.903. The Hall–Kier alpha value is -1.83. The van der Waals surface area contributed by atoms with Crippen molar-refractivity contribution in [3.63, 3.8) is 0 Å². The van der Waals surface area contributed by atoms with Gasteiger partial charge in [-0.15, -0.1) is 0 Å². The second-order valence-corrected chi connectivity index (χ2v) is 2.57. The molecule has 1 aromatic rings. The summed E-state index contributed by atoms with van der Waals surface area (Å²) in [5, 5.41) is 8.62. The maximum atomic E-state index is 11.8. The Balaban J connectivity index is 2.84. The Morgan fingerprint density at radius 1 is 1.50 bits per heavy atom. The topological polar surface area (TPSA) is 59.0 Å². The van der Waals surface area contributed by atoms with E-state index >= 15 is 0 Å². The van der Waals surface area contributed by atoms with Crippen LogP contribution < -0.4 is 10.5 Å². The molecule has 0 fully saturated rings. The van der Waals surface area contributed by atoms with E-state index in [4.69, 9.17) is 15.7 Å². The van der Waals surface area contributed by atoms with E-state index in [9.17, 15) is 8.78 Å². The quantitative estimate of drug-likeness (QED) is 0.753. The molecule has 0 radical (unpaired) electrons. The molecule has 2 N–H and O–H groups in total. The fraction of sp³-hybridized carbons (Fsp3) is 0.222. The molecule has 0 bridgehead atoms. The second-order valence-electron chi connectivity index (χ2n) is 2.57. The molecule has 0 saturated carbocycles. The average Bonchev–Trinajstić information content (AvgIpc) is 2.15. The Morgan fingerprint density at radius 2 is 2.21 bits per heavy atom. The number of nitrogens with zero attached hydrogens (tertiary/aromatic N) is 1. The summed E-state index contributed by atoms with van der Waals surface area (Å²) in [6.07, 6.45) is -2.57. The van der Waals surface area contributed by atoms with Gasteiger partial charge in [0.05, 0.1) is 5.56 Å². The number of rotatable bonds is 3. The largest absolute Gasteiger partial charge is 0.486 e. The van der Waals surface area contributed by atoms with Gasteiger partial charge in [-0.3, -0.25) is 0 Å². The third kappa shape index (κ3) is 2.59. The van der Waals surface area contributed by atoms with Gasteiger partial charge in [0.1, 0.15) is 18.4 Å². The molecule has 74 valence electrons. The predicted molar refractivity (Wildman–Crippen MR) is 47.1 cm³/mol. The molecule has 3 nitrogen and oxygen atoms in total. The summed E-state index contributed by atoms with van der Waals surface area (Å²) in [5.41, 5.74) is 5.97. The van der Waals surface area contributed by atoms with Crippen LogP contribution in [0.3, 0.4) is 0 Å². The van der Waals surface area contributed by atoms with Crippen molar-refractivity contribution < 1.29 is 13.5 Å². The van der Waals surface area contributed by atoms with Gasteiger partial charge in [0.2, 0.25) is 0 Å². The van der Waals surface area contributed by atoms with Gasteiger partial charge in [-0.2, -0.15) is 5.26 Å². The Kier molecular flexibility index (Phi) is 3.24. The molecule has 5 heteroatoms. The smallest absolute Gasteiger partial charge is 0.272 e. The molecule has 0 aliphatic heterocycles. The van der Waals surface area contributed by atoms with Crippen LogP contribution in [0.15, 0.2) is 18.2 Å². The van der Waals surface area contributed by atoms with Gasteiger partial charge in [-0.1, -0.05) is 0 Å². The van der Waals surface area contributed by atoms with Gasteiger partial charge in [-0.25, -0.2) is 8.78 Å². The molecule has 1 aromatic carbocycles. The Bertz CT molecular complexity index is 360. The number of halogens is 2. The van der Waals surface area contributed by atoms with Crippen LogP contribution in [-0.4, -0.2) is 13.0 Å². The normalized spacial score (nSPS) is 9.86. The number of nitrogen functional groups attached to an aromatic ring is 1. The molecule has 1 rings (SSSR count). The molecule has 0 atom stereocenters. The van der Waals surface area contributed by atoms with E-state index in [0.717, 1.165) is 0 Å². The molecule has 0 heterocycles. The summed E-state index contributed by atoms with van der Waals surface area (Å²) < 4.78 is 28.4. The van der Waals surface area contributed by atoms with E-state index < -0.39 is 13.0 Å². The standard InChI is InChI=1S/C9H8F2N2O/c10-9(11)5-14-8-3-7(13)2-1-6(8)4-12/h1-3,9H,5,13H2. The van der Waals surface area contributed by atoms with Gasteiger partial charge in [0.25, 0.3) is 6.43 Å². The molecular weight excluding hydrogens is 190 g/mol. The lowest BCUT2D eigenvalue weighted by molar-refractivity contribution is 0.0818. The highest BCUT2D eigenvalue weighted by atomic mass is 19.3. The van der Waals surface area contributed by atoms with E-state index in [1.54, 1.807) is 0 Å². The van der Waals surface area contributed by atoms with Crippen LogP contribution >= 0.6 is 0 Å². The van der Waals surface area contributed by atoms with Gasteiger partial charge >= 0.3 is 0 Å². The number of anilines is 1. The summed E-state index contributed by atoms with van der Waals surface area (Å²) in [5.74, 6) is 0.0906. The van der Waals surface area contributed by atoms with E-state index in [1.807, 2.05) is 6.07 Å². The molecule has 0 aliphatic rings. The minimum atomic E-state index is -2.57. The monoisotopic (exact) mass is 198 g/mol. The van der Waals surface area contributed by atoms with Gasteiger partial charge in [0, 0.05) is 11.8 Å². The van der Waals surface area contributed by atoms with Crippen molar-refractivity contribution in [3.8, 4) is 11.8 Å². The van der Waals surface area contributed by atoms with Crippen molar-refractivity contribution >= 4 is 5.69 Å². The van der Waals surface area contributed by atoms with Crippen molar-refractivity contribution in [2.75, 3.05) is 12.3 Å². The molecule has 0 aromatic heterocycles. The maximum absolute atomic E-state index is 11.8. The maximum Gasteiger partial charge on any atom is 0.272 e. The molecule has 0 aliphatic carbocycles. The molecule has 0 amide bonds. The zero-order valence-electron chi connectivity index (χ0n) is 7.21. The minimum Gasteiger partial charge on any atom is -0.486 e. The first-order valence-corrected chi connectivity index (χ1v) is 3.84. The first-order valence-electron chi connectivity index (χ1n) is 3.84. The Labute approximate surface area is 79.7 Å². The fourth-order valence-electron chi connectivity index (χ4n) is 0.903. The van der Waals surface area contributed by atoms with E-state index in [2.05, 4.69) is 0 Å². The Morgan fingerprint density at radius 3 is 2.79 bits per heavy atom. The number of hydrogen-bond donors (Lipinski definition) is 1. The van der Waals surface area contributed by atoms with Gasteiger partial charge in [-0.05, 0) is 12.1 Å².